The van der Waals surface area contributed by atoms with Crippen LogP contribution in [0.1, 0.15) is 18.4 Å². The second-order valence-electron chi connectivity index (χ2n) is 7.07. The topological polar surface area (TPSA) is 44.8 Å². The third kappa shape index (κ3) is 4.41. The van der Waals surface area contributed by atoms with E-state index in [0.29, 0.717) is 5.41 Å². The second-order valence-corrected chi connectivity index (χ2v) is 7.07. The molecule has 1 spiro atoms. The highest BCUT2D eigenvalue weighted by Crippen LogP contribution is 2.37. The number of carbonyl (C=O) groups excluding carboxylic acids is 1. The van der Waals surface area contributed by atoms with Gasteiger partial charge in [0.25, 0.3) is 5.91 Å². The van der Waals surface area contributed by atoms with Crippen molar-refractivity contribution < 1.29 is 9.53 Å². The molecule has 1 N–H and O–H groups in total. The van der Waals surface area contributed by atoms with Gasteiger partial charge in [-0.15, -0.1) is 12.4 Å². The van der Waals surface area contributed by atoms with Gasteiger partial charge in [0.2, 0.25) is 0 Å². The van der Waals surface area contributed by atoms with E-state index in [1.54, 1.807) is 19.0 Å². The predicted octanol–water partition coefficient (Wildman–Crippen LogP) is 1.76. The van der Waals surface area contributed by atoms with Crippen molar-refractivity contribution in [2.75, 3.05) is 46.9 Å². The van der Waals surface area contributed by atoms with E-state index in [1.165, 1.54) is 18.4 Å². The molecule has 0 saturated carbocycles. The minimum Gasteiger partial charge on any atom is -0.483 e. The highest BCUT2D eigenvalue weighted by Gasteiger charge is 2.40. The number of benzene rings is 1. The first kappa shape index (κ1) is 19.0. The number of halogens is 1. The van der Waals surface area contributed by atoms with Gasteiger partial charge in [-0.2, -0.15) is 0 Å². The Bertz CT molecular complexity index is 559. The number of hydrogen-bond acceptors (Lipinski definition) is 4. The summed E-state index contributed by atoms with van der Waals surface area (Å²) in [7, 11) is 3.49. The average molecular weight is 354 g/mol. The fraction of sp³-hybridized carbons (Fsp3) is 0.611. The summed E-state index contributed by atoms with van der Waals surface area (Å²) in [6, 6.07) is 8.07. The maximum absolute atomic E-state index is 11.7. The molecule has 1 aromatic rings. The van der Waals surface area contributed by atoms with Crippen LogP contribution in [0.25, 0.3) is 0 Å². The summed E-state index contributed by atoms with van der Waals surface area (Å²) >= 11 is 0. The van der Waals surface area contributed by atoms with Crippen LogP contribution in [0.15, 0.2) is 24.3 Å². The van der Waals surface area contributed by atoms with E-state index in [2.05, 4.69) is 16.3 Å². The van der Waals surface area contributed by atoms with Crippen LogP contribution < -0.4 is 10.1 Å². The van der Waals surface area contributed by atoms with Gasteiger partial charge in [0.1, 0.15) is 5.75 Å². The van der Waals surface area contributed by atoms with Crippen LogP contribution in [0.5, 0.6) is 5.75 Å². The Balaban J connectivity index is 0.00000208. The van der Waals surface area contributed by atoms with Crippen molar-refractivity contribution >= 4 is 18.3 Å². The number of amides is 1. The van der Waals surface area contributed by atoms with E-state index in [4.69, 9.17) is 4.74 Å². The number of carbonyl (C=O) groups is 1. The molecule has 0 aromatic heterocycles. The third-order valence-corrected chi connectivity index (χ3v) is 5.07. The molecule has 24 heavy (non-hydrogen) atoms. The summed E-state index contributed by atoms with van der Waals surface area (Å²) in [5, 5.41) is 3.50. The van der Waals surface area contributed by atoms with Gasteiger partial charge in [-0.3, -0.25) is 9.69 Å². The van der Waals surface area contributed by atoms with Gasteiger partial charge in [0, 0.05) is 39.3 Å². The quantitative estimate of drug-likeness (QED) is 0.876. The van der Waals surface area contributed by atoms with Crippen LogP contribution >= 0.6 is 12.4 Å². The van der Waals surface area contributed by atoms with E-state index in [9.17, 15) is 4.79 Å². The highest BCUT2D eigenvalue weighted by atomic mass is 35.5. The summed E-state index contributed by atoms with van der Waals surface area (Å²) in [5.41, 5.74) is 1.65. The van der Waals surface area contributed by atoms with Gasteiger partial charge in [-0.1, -0.05) is 18.2 Å². The zero-order valence-electron chi connectivity index (χ0n) is 14.6. The minimum absolute atomic E-state index is 0. The summed E-state index contributed by atoms with van der Waals surface area (Å²) in [6.07, 6.45) is 2.57. The smallest absolute Gasteiger partial charge is 0.259 e. The van der Waals surface area contributed by atoms with Crippen molar-refractivity contribution in [3.8, 4) is 5.75 Å². The molecule has 1 aromatic carbocycles. The first-order valence-electron chi connectivity index (χ1n) is 8.42. The van der Waals surface area contributed by atoms with Crippen LogP contribution in [-0.4, -0.2) is 62.6 Å². The van der Waals surface area contributed by atoms with Crippen molar-refractivity contribution in [3.05, 3.63) is 29.8 Å². The molecule has 2 aliphatic heterocycles. The van der Waals surface area contributed by atoms with E-state index >= 15 is 0 Å². The van der Waals surface area contributed by atoms with Gasteiger partial charge in [-0.25, -0.2) is 0 Å². The molecular weight excluding hydrogens is 326 g/mol. The lowest BCUT2D eigenvalue weighted by Crippen LogP contribution is -2.29. The van der Waals surface area contributed by atoms with Gasteiger partial charge >= 0.3 is 0 Å². The van der Waals surface area contributed by atoms with Gasteiger partial charge in [0.05, 0.1) is 0 Å². The maximum Gasteiger partial charge on any atom is 0.259 e. The Morgan fingerprint density at radius 1 is 1.33 bits per heavy atom. The number of likely N-dealkylation sites (tertiary alicyclic amines) is 1. The number of ether oxygens (including phenoxy) is 1. The molecule has 134 valence electrons. The second kappa shape index (κ2) is 8.19. The largest absolute Gasteiger partial charge is 0.483 e. The monoisotopic (exact) mass is 353 g/mol. The van der Waals surface area contributed by atoms with E-state index in [-0.39, 0.29) is 24.9 Å². The number of hydrogen-bond donors (Lipinski definition) is 1. The van der Waals surface area contributed by atoms with Crippen molar-refractivity contribution in [1.82, 2.24) is 15.1 Å². The van der Waals surface area contributed by atoms with Gasteiger partial charge in [0.15, 0.2) is 6.61 Å². The SMILES string of the molecule is CN(C)C(=O)COc1ccccc1CN1CCC2(CCNC2)C1.Cl. The lowest BCUT2D eigenvalue weighted by Gasteiger charge is -2.23. The number of rotatable bonds is 5. The molecule has 1 unspecified atom stereocenters. The van der Waals surface area contributed by atoms with Crippen molar-refractivity contribution in [2.45, 2.75) is 19.4 Å². The van der Waals surface area contributed by atoms with Crippen LogP contribution in [0, 0.1) is 5.41 Å². The van der Waals surface area contributed by atoms with E-state index in [0.717, 1.165) is 38.5 Å². The van der Waals surface area contributed by atoms with Gasteiger partial charge < -0.3 is 15.0 Å². The Hall–Kier alpha value is -1.30. The van der Waals surface area contributed by atoms with E-state index in [1.807, 2.05) is 18.2 Å². The lowest BCUT2D eigenvalue weighted by atomic mass is 9.86. The van der Waals surface area contributed by atoms with Crippen LogP contribution in [0.3, 0.4) is 0 Å². The molecule has 0 radical (unpaired) electrons. The van der Waals surface area contributed by atoms with Gasteiger partial charge in [-0.05, 0) is 37.4 Å². The highest BCUT2D eigenvalue weighted by molar-refractivity contribution is 5.85. The van der Waals surface area contributed by atoms with E-state index < -0.39 is 0 Å². The summed E-state index contributed by atoms with van der Waals surface area (Å²) in [4.78, 5) is 15.8. The molecule has 5 nitrogen and oxygen atoms in total. The Kier molecular flexibility index (Phi) is 6.49. The lowest BCUT2D eigenvalue weighted by molar-refractivity contribution is -0.130. The number of nitrogens with zero attached hydrogens (tertiary/aromatic N) is 2. The molecule has 0 bridgehead atoms. The Morgan fingerprint density at radius 3 is 2.83 bits per heavy atom. The standard InChI is InChI=1S/C18H27N3O2.ClH/c1-20(2)17(22)12-23-16-6-4-3-5-15(16)11-21-10-8-18(14-21)7-9-19-13-18;/h3-6,19H,7-14H2,1-2H3;1H. The first-order chi connectivity index (χ1) is 11.1. The average Bonchev–Trinajstić information content (AvgIpc) is 3.16. The molecule has 2 aliphatic rings. The number of para-hydroxylation sites is 1. The maximum atomic E-state index is 11.7. The normalized spacial score (nSPS) is 23.2. The summed E-state index contributed by atoms with van der Waals surface area (Å²) in [5.74, 6) is 0.810. The fourth-order valence-electron chi connectivity index (χ4n) is 3.59. The van der Waals surface area contributed by atoms with Crippen molar-refractivity contribution in [1.29, 1.82) is 0 Å². The molecule has 2 fully saturated rings. The summed E-state index contributed by atoms with van der Waals surface area (Å²) in [6.45, 7) is 5.60. The molecule has 2 heterocycles. The molecule has 6 heteroatoms. The Morgan fingerprint density at radius 2 is 2.12 bits per heavy atom. The summed E-state index contributed by atoms with van der Waals surface area (Å²) < 4.78 is 5.76. The zero-order chi connectivity index (χ0) is 16.3. The zero-order valence-corrected chi connectivity index (χ0v) is 15.4. The van der Waals surface area contributed by atoms with Crippen molar-refractivity contribution in [3.63, 3.8) is 0 Å². The molecule has 1 atom stereocenters. The third-order valence-electron chi connectivity index (χ3n) is 5.07. The van der Waals surface area contributed by atoms with Crippen molar-refractivity contribution in [2.24, 2.45) is 5.41 Å². The van der Waals surface area contributed by atoms with Crippen LogP contribution in [0.4, 0.5) is 0 Å². The molecule has 1 amide bonds. The fourth-order valence-corrected chi connectivity index (χ4v) is 3.59. The minimum atomic E-state index is -0.0167. The molecule has 0 aliphatic carbocycles. The molecule has 2 saturated heterocycles. The molecule has 3 rings (SSSR count). The number of likely N-dealkylation sites (N-methyl/N-ethyl adjacent to an activating group) is 1. The molecular formula is C18H28ClN3O2. The number of nitrogens with one attached hydrogen (secondary N) is 1. The van der Waals surface area contributed by atoms with Crippen LogP contribution in [0.2, 0.25) is 0 Å². The predicted molar refractivity (Wildman–Crippen MR) is 97.7 cm³/mol. The van der Waals surface area contributed by atoms with Crippen LogP contribution in [-0.2, 0) is 11.3 Å². The first-order valence-corrected chi connectivity index (χ1v) is 8.42. The Labute approximate surface area is 150 Å².